The largest absolute Gasteiger partial charge is 0.508 e. The number of carbonyl (C=O) groups excluding carboxylic acids is 2. The fourth-order valence-corrected chi connectivity index (χ4v) is 1.14. The van der Waals surface area contributed by atoms with Crippen molar-refractivity contribution in [3.63, 3.8) is 0 Å². The van der Waals surface area contributed by atoms with Crippen LogP contribution in [0.3, 0.4) is 0 Å². The zero-order valence-corrected chi connectivity index (χ0v) is 8.49. The van der Waals surface area contributed by atoms with E-state index in [1.165, 1.54) is 19.2 Å². The molecule has 0 saturated heterocycles. The number of amides is 1. The number of Topliss-reactive ketones (excluding diaryl/α,β-unsaturated/α-hetero) is 1. The molecule has 4 heteroatoms. The average Bonchev–Trinajstić information content (AvgIpc) is 2.26. The van der Waals surface area contributed by atoms with Gasteiger partial charge in [0.1, 0.15) is 5.75 Å². The minimum atomic E-state index is -0.151. The lowest BCUT2D eigenvalue weighted by Crippen LogP contribution is -2.18. The summed E-state index contributed by atoms with van der Waals surface area (Å²) in [5, 5.41) is 11.5. The predicted molar refractivity (Wildman–Crippen MR) is 55.7 cm³/mol. The standard InChI is InChI=1S/C11H13NO3/c1-12-11(15)7-6-10(14)8-2-4-9(13)5-3-8/h2-5,13H,6-7H2,1H3,(H,12,15). The van der Waals surface area contributed by atoms with E-state index in [1.807, 2.05) is 0 Å². The van der Waals surface area contributed by atoms with Gasteiger partial charge < -0.3 is 10.4 Å². The second-order valence-electron chi connectivity index (χ2n) is 3.14. The number of hydrogen-bond acceptors (Lipinski definition) is 3. The van der Waals surface area contributed by atoms with Gasteiger partial charge in [0.15, 0.2) is 5.78 Å². The molecule has 4 nitrogen and oxygen atoms in total. The summed E-state index contributed by atoms with van der Waals surface area (Å²) in [7, 11) is 1.54. The fraction of sp³-hybridized carbons (Fsp3) is 0.273. The average molecular weight is 207 g/mol. The monoisotopic (exact) mass is 207 g/mol. The Kier molecular flexibility index (Phi) is 3.85. The molecule has 1 rings (SSSR count). The van der Waals surface area contributed by atoms with Crippen LogP contribution in [-0.2, 0) is 4.79 Å². The van der Waals surface area contributed by atoms with Gasteiger partial charge in [-0.25, -0.2) is 0 Å². The van der Waals surface area contributed by atoms with Gasteiger partial charge in [-0.05, 0) is 24.3 Å². The van der Waals surface area contributed by atoms with Gasteiger partial charge in [-0.2, -0.15) is 0 Å². The Morgan fingerprint density at radius 2 is 1.80 bits per heavy atom. The van der Waals surface area contributed by atoms with Crippen LogP contribution in [0, 0.1) is 0 Å². The van der Waals surface area contributed by atoms with E-state index in [4.69, 9.17) is 5.11 Å². The minimum Gasteiger partial charge on any atom is -0.508 e. The molecule has 1 aromatic rings. The number of phenols is 1. The van der Waals surface area contributed by atoms with Crippen LogP contribution in [0.25, 0.3) is 0 Å². The van der Waals surface area contributed by atoms with Gasteiger partial charge in [-0.15, -0.1) is 0 Å². The molecule has 1 aromatic carbocycles. The third-order valence-corrected chi connectivity index (χ3v) is 2.05. The first-order valence-corrected chi connectivity index (χ1v) is 4.66. The summed E-state index contributed by atoms with van der Waals surface area (Å²) in [6.07, 6.45) is 0.376. The third-order valence-electron chi connectivity index (χ3n) is 2.05. The highest BCUT2D eigenvalue weighted by Crippen LogP contribution is 2.11. The van der Waals surface area contributed by atoms with Crippen molar-refractivity contribution < 1.29 is 14.7 Å². The van der Waals surface area contributed by atoms with Gasteiger partial charge in [0.2, 0.25) is 5.91 Å². The van der Waals surface area contributed by atoms with Crippen molar-refractivity contribution in [2.75, 3.05) is 7.05 Å². The number of ketones is 1. The van der Waals surface area contributed by atoms with E-state index in [-0.39, 0.29) is 30.3 Å². The number of aromatic hydroxyl groups is 1. The molecule has 15 heavy (non-hydrogen) atoms. The summed E-state index contributed by atoms with van der Waals surface area (Å²) < 4.78 is 0. The Morgan fingerprint density at radius 1 is 1.20 bits per heavy atom. The van der Waals surface area contributed by atoms with E-state index in [2.05, 4.69) is 5.32 Å². The van der Waals surface area contributed by atoms with Gasteiger partial charge >= 0.3 is 0 Å². The molecule has 0 unspecified atom stereocenters. The molecule has 0 aliphatic carbocycles. The van der Waals surface area contributed by atoms with Gasteiger partial charge in [-0.3, -0.25) is 9.59 Å². The second-order valence-corrected chi connectivity index (χ2v) is 3.14. The molecule has 0 radical (unpaired) electrons. The molecule has 0 atom stereocenters. The minimum absolute atomic E-state index is 0.0985. The number of rotatable bonds is 4. The highest BCUT2D eigenvalue weighted by Gasteiger charge is 2.07. The summed E-state index contributed by atoms with van der Waals surface area (Å²) in [6, 6.07) is 5.99. The van der Waals surface area contributed by atoms with Gasteiger partial charge in [-0.1, -0.05) is 0 Å². The molecule has 0 aliphatic rings. The van der Waals surface area contributed by atoms with Crippen molar-refractivity contribution in [3.05, 3.63) is 29.8 Å². The van der Waals surface area contributed by atoms with E-state index in [0.29, 0.717) is 5.56 Å². The molecule has 0 aromatic heterocycles. The number of nitrogens with one attached hydrogen (secondary N) is 1. The zero-order chi connectivity index (χ0) is 11.3. The molecule has 0 bridgehead atoms. The first-order chi connectivity index (χ1) is 7.13. The molecular formula is C11H13NO3. The molecule has 80 valence electrons. The Labute approximate surface area is 87.9 Å². The number of benzene rings is 1. The quantitative estimate of drug-likeness (QED) is 0.726. The highest BCUT2D eigenvalue weighted by atomic mass is 16.3. The van der Waals surface area contributed by atoms with Crippen LogP contribution in [0.5, 0.6) is 5.75 Å². The Bertz CT molecular complexity index is 357. The van der Waals surface area contributed by atoms with Crippen LogP contribution < -0.4 is 5.32 Å². The molecule has 0 saturated carbocycles. The van der Waals surface area contributed by atoms with Crippen LogP contribution in [-0.4, -0.2) is 23.8 Å². The maximum atomic E-state index is 11.5. The zero-order valence-electron chi connectivity index (χ0n) is 8.49. The fourth-order valence-electron chi connectivity index (χ4n) is 1.14. The summed E-state index contributed by atoms with van der Waals surface area (Å²) in [6.45, 7) is 0. The van der Waals surface area contributed by atoms with Crippen molar-refractivity contribution in [3.8, 4) is 5.75 Å². The van der Waals surface area contributed by atoms with Crippen molar-refractivity contribution in [1.82, 2.24) is 5.32 Å². The van der Waals surface area contributed by atoms with Crippen molar-refractivity contribution in [2.24, 2.45) is 0 Å². The van der Waals surface area contributed by atoms with Crippen molar-refractivity contribution in [1.29, 1.82) is 0 Å². The number of carbonyl (C=O) groups is 2. The Hall–Kier alpha value is -1.84. The van der Waals surface area contributed by atoms with Crippen LogP contribution in [0.2, 0.25) is 0 Å². The summed E-state index contributed by atoms with van der Waals surface area (Å²) >= 11 is 0. The number of phenolic OH excluding ortho intramolecular Hbond substituents is 1. The van der Waals surface area contributed by atoms with Crippen molar-refractivity contribution in [2.45, 2.75) is 12.8 Å². The molecule has 0 spiro atoms. The topological polar surface area (TPSA) is 66.4 Å². The maximum Gasteiger partial charge on any atom is 0.220 e. The molecule has 0 fully saturated rings. The van der Waals surface area contributed by atoms with E-state index in [0.717, 1.165) is 0 Å². The van der Waals surface area contributed by atoms with Crippen molar-refractivity contribution >= 4 is 11.7 Å². The first kappa shape index (κ1) is 11.2. The second kappa shape index (κ2) is 5.14. The summed E-state index contributed by atoms with van der Waals surface area (Å²) in [5.74, 6) is -0.126. The van der Waals surface area contributed by atoms with Crippen LogP contribution in [0.1, 0.15) is 23.2 Å². The third kappa shape index (κ3) is 3.42. The first-order valence-electron chi connectivity index (χ1n) is 4.66. The van der Waals surface area contributed by atoms with Crippen LogP contribution in [0.4, 0.5) is 0 Å². The van der Waals surface area contributed by atoms with E-state index < -0.39 is 0 Å². The molecule has 2 N–H and O–H groups in total. The maximum absolute atomic E-state index is 11.5. The van der Waals surface area contributed by atoms with E-state index in [1.54, 1.807) is 12.1 Å². The molecule has 1 amide bonds. The summed E-state index contributed by atoms with van der Waals surface area (Å²) in [5.41, 5.74) is 0.511. The van der Waals surface area contributed by atoms with E-state index >= 15 is 0 Å². The lowest BCUT2D eigenvalue weighted by Gasteiger charge is -2.00. The van der Waals surface area contributed by atoms with Crippen LogP contribution >= 0.6 is 0 Å². The SMILES string of the molecule is CNC(=O)CCC(=O)c1ccc(O)cc1. The molecule has 0 heterocycles. The van der Waals surface area contributed by atoms with Gasteiger partial charge in [0, 0.05) is 25.5 Å². The Morgan fingerprint density at radius 3 is 2.33 bits per heavy atom. The van der Waals surface area contributed by atoms with E-state index in [9.17, 15) is 9.59 Å². The van der Waals surface area contributed by atoms with Crippen LogP contribution in [0.15, 0.2) is 24.3 Å². The predicted octanol–water partition coefficient (Wildman–Crippen LogP) is 1.10. The van der Waals surface area contributed by atoms with Gasteiger partial charge in [0.05, 0.1) is 0 Å². The molecule has 0 aliphatic heterocycles. The molecular weight excluding hydrogens is 194 g/mol. The van der Waals surface area contributed by atoms with Gasteiger partial charge in [0.25, 0.3) is 0 Å². The Balaban J connectivity index is 2.54. The lowest BCUT2D eigenvalue weighted by molar-refractivity contribution is -0.120. The highest BCUT2D eigenvalue weighted by molar-refractivity contribution is 5.97. The number of hydrogen-bond donors (Lipinski definition) is 2. The lowest BCUT2D eigenvalue weighted by atomic mass is 10.1. The smallest absolute Gasteiger partial charge is 0.220 e. The summed E-state index contributed by atoms with van der Waals surface area (Å²) in [4.78, 5) is 22.4. The normalized spacial score (nSPS) is 9.67.